The molecule has 0 saturated carbocycles. The van der Waals surface area contributed by atoms with Crippen molar-refractivity contribution >= 4 is 28.2 Å². The van der Waals surface area contributed by atoms with Crippen molar-refractivity contribution in [1.82, 2.24) is 5.32 Å². The molecule has 1 aliphatic carbocycles. The number of ether oxygens (including phenoxy) is 2. The Morgan fingerprint density at radius 1 is 1.11 bits per heavy atom. The number of carbonyl (C=O) groups is 2. The predicted molar refractivity (Wildman–Crippen MR) is 147 cm³/mol. The molecule has 0 fully saturated rings. The van der Waals surface area contributed by atoms with Crippen LogP contribution in [0.1, 0.15) is 82.1 Å². The minimum Gasteiger partial charge on any atom is -0.493 e. The van der Waals surface area contributed by atoms with Gasteiger partial charge in [-0.15, -0.1) is 11.3 Å². The summed E-state index contributed by atoms with van der Waals surface area (Å²) in [5.74, 6) is 0.890. The van der Waals surface area contributed by atoms with Crippen molar-refractivity contribution in [2.75, 3.05) is 12.4 Å². The zero-order valence-corrected chi connectivity index (χ0v) is 22.9. The fraction of sp³-hybridized carbons (Fsp3) is 0.400. The van der Waals surface area contributed by atoms with Crippen LogP contribution in [0.2, 0.25) is 0 Å². The summed E-state index contributed by atoms with van der Waals surface area (Å²) < 4.78 is 11.1. The fourth-order valence-corrected chi connectivity index (χ4v) is 6.57. The molecule has 2 N–H and O–H groups in total. The Hall–Kier alpha value is -3.32. The molecule has 0 spiro atoms. The minimum atomic E-state index is -0.450. The second-order valence-corrected chi connectivity index (χ2v) is 11.8. The van der Waals surface area contributed by atoms with E-state index in [4.69, 9.17) is 9.47 Å². The van der Waals surface area contributed by atoms with Crippen LogP contribution in [0.3, 0.4) is 0 Å². The van der Waals surface area contributed by atoms with Crippen LogP contribution in [0.5, 0.6) is 11.5 Å². The number of anilines is 1. The van der Waals surface area contributed by atoms with Crippen LogP contribution >= 0.6 is 11.3 Å². The molecule has 7 heteroatoms. The molecular formula is C30H34N2O4S. The number of amides is 1. The SMILES string of the molecule is CCC(C)(C)[C@@H]1CCc2c(sc3c2C(=O)N[C@H](c2ccc(OC(=O)c4ccc(C)cc4)c(OC)c2)N3)C1. The minimum absolute atomic E-state index is 0.0432. The number of carbonyl (C=O) groups excluding carboxylic acids is 2. The molecule has 37 heavy (non-hydrogen) atoms. The van der Waals surface area contributed by atoms with Gasteiger partial charge in [0.2, 0.25) is 0 Å². The van der Waals surface area contributed by atoms with Gasteiger partial charge >= 0.3 is 5.97 Å². The van der Waals surface area contributed by atoms with Gasteiger partial charge in [0.1, 0.15) is 11.2 Å². The van der Waals surface area contributed by atoms with Gasteiger partial charge in [0.25, 0.3) is 5.91 Å². The first-order valence-electron chi connectivity index (χ1n) is 12.9. The highest BCUT2D eigenvalue weighted by atomic mass is 32.1. The van der Waals surface area contributed by atoms with Gasteiger partial charge in [-0.25, -0.2) is 4.79 Å². The van der Waals surface area contributed by atoms with Crippen LogP contribution in [-0.4, -0.2) is 19.0 Å². The van der Waals surface area contributed by atoms with Crippen molar-refractivity contribution in [3.8, 4) is 11.5 Å². The molecule has 194 valence electrons. The van der Waals surface area contributed by atoms with Crippen LogP contribution in [0, 0.1) is 18.3 Å². The summed E-state index contributed by atoms with van der Waals surface area (Å²) in [5.41, 5.74) is 4.67. The van der Waals surface area contributed by atoms with Crippen molar-refractivity contribution < 1.29 is 19.1 Å². The van der Waals surface area contributed by atoms with E-state index in [-0.39, 0.29) is 5.91 Å². The number of hydrogen-bond acceptors (Lipinski definition) is 6. The third-order valence-electron chi connectivity index (χ3n) is 8.07. The number of esters is 1. The first-order chi connectivity index (χ1) is 17.7. The molecule has 1 aliphatic heterocycles. The van der Waals surface area contributed by atoms with E-state index in [0.717, 1.165) is 47.4 Å². The van der Waals surface area contributed by atoms with Gasteiger partial charge in [0, 0.05) is 4.88 Å². The number of fused-ring (bicyclic) bond motifs is 3. The van der Waals surface area contributed by atoms with Gasteiger partial charge < -0.3 is 20.1 Å². The Morgan fingerprint density at radius 2 is 1.86 bits per heavy atom. The number of hydrogen-bond donors (Lipinski definition) is 2. The van der Waals surface area contributed by atoms with E-state index >= 15 is 0 Å². The molecule has 2 atom stereocenters. The molecule has 1 aromatic heterocycles. The smallest absolute Gasteiger partial charge is 0.343 e. The monoisotopic (exact) mass is 518 g/mol. The Bertz CT molecular complexity index is 1340. The van der Waals surface area contributed by atoms with Gasteiger partial charge in [-0.3, -0.25) is 4.79 Å². The normalized spacial score (nSPS) is 18.8. The van der Waals surface area contributed by atoms with Crippen molar-refractivity contribution in [2.24, 2.45) is 11.3 Å². The summed E-state index contributed by atoms with van der Waals surface area (Å²) in [5, 5.41) is 7.58. The summed E-state index contributed by atoms with van der Waals surface area (Å²) in [4.78, 5) is 27.2. The van der Waals surface area contributed by atoms with E-state index in [1.807, 2.05) is 25.1 Å². The summed E-state index contributed by atoms with van der Waals surface area (Å²) in [6.45, 7) is 8.93. The highest BCUT2D eigenvalue weighted by Gasteiger charge is 2.37. The maximum absolute atomic E-state index is 13.2. The third-order valence-corrected chi connectivity index (χ3v) is 9.26. The zero-order chi connectivity index (χ0) is 26.3. The average molecular weight is 519 g/mol. The zero-order valence-electron chi connectivity index (χ0n) is 22.1. The predicted octanol–water partition coefficient (Wildman–Crippen LogP) is 6.68. The Kier molecular flexibility index (Phi) is 6.75. The van der Waals surface area contributed by atoms with Gasteiger partial charge in [-0.2, -0.15) is 0 Å². The molecule has 2 aromatic carbocycles. The summed E-state index contributed by atoms with van der Waals surface area (Å²) >= 11 is 1.72. The number of benzene rings is 2. The van der Waals surface area contributed by atoms with Crippen LogP contribution in [0.15, 0.2) is 42.5 Å². The summed E-state index contributed by atoms with van der Waals surface area (Å²) in [6.07, 6.45) is 3.84. The molecule has 0 saturated heterocycles. The molecule has 3 aromatic rings. The quantitative estimate of drug-likeness (QED) is 0.281. The van der Waals surface area contributed by atoms with Crippen LogP contribution in [-0.2, 0) is 12.8 Å². The van der Waals surface area contributed by atoms with Crippen molar-refractivity contribution in [3.63, 3.8) is 0 Å². The molecule has 0 unspecified atom stereocenters. The fourth-order valence-electron chi connectivity index (χ4n) is 5.22. The highest BCUT2D eigenvalue weighted by molar-refractivity contribution is 7.16. The van der Waals surface area contributed by atoms with E-state index < -0.39 is 12.1 Å². The van der Waals surface area contributed by atoms with Gasteiger partial charge in [0.15, 0.2) is 11.5 Å². The summed E-state index contributed by atoms with van der Waals surface area (Å²) in [7, 11) is 1.54. The lowest BCUT2D eigenvalue weighted by atomic mass is 9.69. The Labute approximate surface area is 222 Å². The molecule has 0 bridgehead atoms. The van der Waals surface area contributed by atoms with Crippen LogP contribution in [0.4, 0.5) is 5.00 Å². The van der Waals surface area contributed by atoms with Crippen LogP contribution < -0.4 is 20.1 Å². The standard InChI is InChI=1S/C30H34N2O4S/c1-6-30(3,4)20-12-13-21-24(16-20)37-28-25(21)27(33)31-26(32-28)19-11-14-22(23(15-19)35-5)36-29(34)18-9-7-17(2)8-10-18/h7-11,14-15,20,26,32H,6,12-13,16H2,1-5H3,(H,31,33)/t20-,26+/m1/s1. The van der Waals surface area contributed by atoms with E-state index in [9.17, 15) is 9.59 Å². The van der Waals surface area contributed by atoms with E-state index in [0.29, 0.717) is 28.4 Å². The lowest BCUT2D eigenvalue weighted by Gasteiger charge is -2.36. The number of methoxy groups -OCH3 is 1. The van der Waals surface area contributed by atoms with E-state index in [1.54, 1.807) is 35.6 Å². The average Bonchev–Trinajstić information content (AvgIpc) is 3.27. The largest absolute Gasteiger partial charge is 0.493 e. The topological polar surface area (TPSA) is 76.7 Å². The maximum Gasteiger partial charge on any atom is 0.343 e. The first-order valence-corrected chi connectivity index (χ1v) is 13.7. The molecule has 2 aliphatic rings. The number of aryl methyl sites for hydroxylation is 1. The van der Waals surface area contributed by atoms with Gasteiger partial charge in [0.05, 0.1) is 18.2 Å². The van der Waals surface area contributed by atoms with Gasteiger partial charge in [-0.1, -0.05) is 51.0 Å². The first kappa shape index (κ1) is 25.3. The van der Waals surface area contributed by atoms with Crippen molar-refractivity contribution in [3.05, 3.63) is 75.2 Å². The second-order valence-electron chi connectivity index (χ2n) is 10.7. The molecule has 1 amide bonds. The number of thiophene rings is 1. The second kappa shape index (κ2) is 9.86. The molecule has 5 rings (SSSR count). The molecule has 0 radical (unpaired) electrons. The summed E-state index contributed by atoms with van der Waals surface area (Å²) in [6, 6.07) is 12.6. The maximum atomic E-state index is 13.2. The Balaban J connectivity index is 1.36. The van der Waals surface area contributed by atoms with Crippen molar-refractivity contribution in [1.29, 1.82) is 0 Å². The lowest BCUT2D eigenvalue weighted by molar-refractivity contribution is 0.0729. The molecule has 2 heterocycles. The molecule has 6 nitrogen and oxygen atoms in total. The number of rotatable bonds is 6. The van der Waals surface area contributed by atoms with Crippen molar-refractivity contribution in [2.45, 2.75) is 59.5 Å². The van der Waals surface area contributed by atoms with E-state index in [1.165, 1.54) is 17.6 Å². The van der Waals surface area contributed by atoms with Crippen LogP contribution in [0.25, 0.3) is 0 Å². The molecular weight excluding hydrogens is 484 g/mol. The van der Waals surface area contributed by atoms with E-state index in [2.05, 4.69) is 31.4 Å². The lowest BCUT2D eigenvalue weighted by Crippen LogP contribution is -2.38. The third kappa shape index (κ3) is 4.85. The van der Waals surface area contributed by atoms with Gasteiger partial charge in [-0.05, 0) is 72.9 Å². The highest BCUT2D eigenvalue weighted by Crippen LogP contribution is 2.47. The Morgan fingerprint density at radius 3 is 2.57 bits per heavy atom. The number of nitrogens with one attached hydrogen (secondary N) is 2.